The fraction of sp³-hybridized carbons (Fsp3) is 0.846. The second-order valence-electron chi connectivity index (χ2n) is 4.48. The summed E-state index contributed by atoms with van der Waals surface area (Å²) < 4.78 is 0. The summed E-state index contributed by atoms with van der Waals surface area (Å²) in [6.07, 6.45) is 12.6. The van der Waals surface area contributed by atoms with E-state index in [1.165, 1.54) is 51.6 Å². The summed E-state index contributed by atoms with van der Waals surface area (Å²) in [7, 11) is 0. The number of hydrogen-bond donors (Lipinski definition) is 0. The molecule has 0 atom stereocenters. The Morgan fingerprint density at radius 3 is 2.13 bits per heavy atom. The highest BCUT2D eigenvalue weighted by Gasteiger charge is 2.09. The summed E-state index contributed by atoms with van der Waals surface area (Å²) in [5.41, 5.74) is 0. The molecule has 1 aliphatic rings. The van der Waals surface area contributed by atoms with Gasteiger partial charge in [-0.3, -0.25) is 0 Å². The Kier molecular flexibility index (Phi) is 6.29. The van der Waals surface area contributed by atoms with Crippen molar-refractivity contribution in [3.63, 3.8) is 0 Å². The Balaban J connectivity index is 1.97. The van der Waals surface area contributed by atoms with Gasteiger partial charge in [0.2, 0.25) is 0 Å². The quantitative estimate of drug-likeness (QED) is 0.566. The summed E-state index contributed by atoms with van der Waals surface area (Å²) >= 11 is 0. The smallest absolute Gasteiger partial charge is 0.0893 e. The molecule has 0 radical (unpaired) electrons. The van der Waals surface area contributed by atoms with Crippen LogP contribution in [0.5, 0.6) is 0 Å². The highest BCUT2D eigenvalue weighted by Crippen LogP contribution is 2.09. The number of nitrogens with zero attached hydrogens (tertiary/aromatic N) is 2. The predicted octanol–water partition coefficient (Wildman–Crippen LogP) is 3.41. The van der Waals surface area contributed by atoms with Gasteiger partial charge in [0.15, 0.2) is 0 Å². The van der Waals surface area contributed by atoms with Gasteiger partial charge in [-0.1, -0.05) is 39.5 Å². The lowest BCUT2D eigenvalue weighted by molar-refractivity contribution is 0.261. The molecule has 0 aromatic carbocycles. The van der Waals surface area contributed by atoms with Crippen LogP contribution < -0.4 is 0 Å². The maximum absolute atomic E-state index is 2.43. The van der Waals surface area contributed by atoms with Gasteiger partial charge >= 0.3 is 0 Å². The predicted molar refractivity (Wildman–Crippen MR) is 66.5 cm³/mol. The van der Waals surface area contributed by atoms with Crippen LogP contribution in [0.1, 0.15) is 52.4 Å². The molecule has 0 bridgehead atoms. The summed E-state index contributed by atoms with van der Waals surface area (Å²) in [5, 5.41) is 0. The van der Waals surface area contributed by atoms with Crippen molar-refractivity contribution in [1.29, 1.82) is 0 Å². The van der Waals surface area contributed by atoms with Crippen LogP contribution in [0.25, 0.3) is 0 Å². The van der Waals surface area contributed by atoms with E-state index in [9.17, 15) is 0 Å². The van der Waals surface area contributed by atoms with Crippen molar-refractivity contribution >= 4 is 0 Å². The van der Waals surface area contributed by atoms with E-state index in [0.29, 0.717) is 0 Å². The lowest BCUT2D eigenvalue weighted by atomic mass is 10.1. The molecule has 15 heavy (non-hydrogen) atoms. The third kappa shape index (κ3) is 5.10. The molecule has 88 valence electrons. The minimum atomic E-state index is 1.11. The minimum absolute atomic E-state index is 1.11. The molecule has 0 unspecified atom stereocenters. The van der Waals surface area contributed by atoms with Crippen LogP contribution in [-0.2, 0) is 0 Å². The Morgan fingerprint density at radius 2 is 1.47 bits per heavy atom. The third-order valence-corrected chi connectivity index (χ3v) is 2.91. The van der Waals surface area contributed by atoms with E-state index in [2.05, 4.69) is 36.0 Å². The molecule has 1 rings (SSSR count). The van der Waals surface area contributed by atoms with Crippen molar-refractivity contribution in [2.24, 2.45) is 0 Å². The molecule has 0 saturated carbocycles. The van der Waals surface area contributed by atoms with E-state index >= 15 is 0 Å². The van der Waals surface area contributed by atoms with Crippen LogP contribution >= 0.6 is 0 Å². The zero-order chi connectivity index (χ0) is 10.9. The second kappa shape index (κ2) is 7.61. The molecule has 1 aliphatic heterocycles. The Hall–Kier alpha value is -0.660. The van der Waals surface area contributed by atoms with Gasteiger partial charge in [0, 0.05) is 25.5 Å². The number of rotatable bonds is 8. The molecule has 0 aliphatic carbocycles. The lowest BCUT2D eigenvalue weighted by Gasteiger charge is -2.20. The van der Waals surface area contributed by atoms with Crippen molar-refractivity contribution in [2.45, 2.75) is 52.4 Å². The summed E-state index contributed by atoms with van der Waals surface area (Å²) in [4.78, 5) is 4.83. The van der Waals surface area contributed by atoms with Crippen LogP contribution in [0.4, 0.5) is 0 Å². The molecule has 0 N–H and O–H groups in total. The first-order chi connectivity index (χ1) is 7.36. The van der Waals surface area contributed by atoms with E-state index in [4.69, 9.17) is 0 Å². The largest absolute Gasteiger partial charge is 0.359 e. The standard InChI is InChI=1S/C13H26N2/c1-3-5-6-7-8-10-15-12-11-14(13-15)9-4-2/h11-12H,3-10,13H2,1-2H3. The molecule has 2 nitrogen and oxygen atoms in total. The molecule has 2 heteroatoms. The molecule has 0 fully saturated rings. The average molecular weight is 210 g/mol. The molecule has 1 heterocycles. The van der Waals surface area contributed by atoms with Gasteiger partial charge in [0.25, 0.3) is 0 Å². The van der Waals surface area contributed by atoms with E-state index in [-0.39, 0.29) is 0 Å². The van der Waals surface area contributed by atoms with Crippen LogP contribution in [0.3, 0.4) is 0 Å². The van der Waals surface area contributed by atoms with Crippen molar-refractivity contribution in [1.82, 2.24) is 9.80 Å². The maximum Gasteiger partial charge on any atom is 0.0893 e. The highest BCUT2D eigenvalue weighted by molar-refractivity contribution is 4.89. The van der Waals surface area contributed by atoms with Crippen LogP contribution in [0, 0.1) is 0 Å². The SMILES string of the molecule is CCCCCCCN1C=CN(CCC)C1. The first kappa shape index (κ1) is 12.4. The summed E-state index contributed by atoms with van der Waals surface area (Å²) in [5.74, 6) is 0. The molecular formula is C13H26N2. The third-order valence-electron chi connectivity index (χ3n) is 2.91. The fourth-order valence-electron chi connectivity index (χ4n) is 2.01. The second-order valence-corrected chi connectivity index (χ2v) is 4.48. The zero-order valence-electron chi connectivity index (χ0n) is 10.4. The number of hydrogen-bond acceptors (Lipinski definition) is 2. The van der Waals surface area contributed by atoms with Gasteiger partial charge < -0.3 is 9.80 Å². The van der Waals surface area contributed by atoms with Crippen LogP contribution in [0.15, 0.2) is 12.4 Å². The first-order valence-corrected chi connectivity index (χ1v) is 6.53. The summed E-state index contributed by atoms with van der Waals surface area (Å²) in [6.45, 7) is 8.05. The van der Waals surface area contributed by atoms with E-state index in [1.54, 1.807) is 0 Å². The topological polar surface area (TPSA) is 6.48 Å². The van der Waals surface area contributed by atoms with Crippen LogP contribution in [0.2, 0.25) is 0 Å². The van der Waals surface area contributed by atoms with Crippen molar-refractivity contribution < 1.29 is 0 Å². The molecule has 0 amide bonds. The molecular weight excluding hydrogens is 184 g/mol. The average Bonchev–Trinajstić information content (AvgIpc) is 2.66. The van der Waals surface area contributed by atoms with Gasteiger partial charge in [-0.15, -0.1) is 0 Å². The molecule has 0 aromatic rings. The van der Waals surface area contributed by atoms with E-state index in [1.807, 2.05) is 0 Å². The van der Waals surface area contributed by atoms with Gasteiger partial charge in [0.05, 0.1) is 6.67 Å². The first-order valence-electron chi connectivity index (χ1n) is 6.53. The Labute approximate surface area is 94.9 Å². The highest BCUT2D eigenvalue weighted by atomic mass is 15.3. The zero-order valence-corrected chi connectivity index (χ0v) is 10.4. The molecule has 0 spiro atoms. The molecule has 0 aromatic heterocycles. The van der Waals surface area contributed by atoms with Gasteiger partial charge in [-0.05, 0) is 12.8 Å². The Morgan fingerprint density at radius 1 is 0.800 bits per heavy atom. The van der Waals surface area contributed by atoms with Crippen molar-refractivity contribution in [3.8, 4) is 0 Å². The van der Waals surface area contributed by atoms with E-state index < -0.39 is 0 Å². The fourth-order valence-corrected chi connectivity index (χ4v) is 2.01. The Bertz CT molecular complexity index is 177. The molecule has 0 saturated heterocycles. The summed E-state index contributed by atoms with van der Waals surface area (Å²) in [6, 6.07) is 0. The van der Waals surface area contributed by atoms with Crippen LogP contribution in [-0.4, -0.2) is 29.6 Å². The number of unbranched alkanes of at least 4 members (excludes halogenated alkanes) is 4. The van der Waals surface area contributed by atoms with Gasteiger partial charge in [-0.25, -0.2) is 0 Å². The van der Waals surface area contributed by atoms with E-state index in [0.717, 1.165) is 6.67 Å². The lowest BCUT2D eigenvalue weighted by Crippen LogP contribution is -2.26. The van der Waals surface area contributed by atoms with Gasteiger partial charge in [-0.2, -0.15) is 0 Å². The maximum atomic E-state index is 2.43. The minimum Gasteiger partial charge on any atom is -0.359 e. The monoisotopic (exact) mass is 210 g/mol. The van der Waals surface area contributed by atoms with Gasteiger partial charge in [0.1, 0.15) is 0 Å². The van der Waals surface area contributed by atoms with Crippen molar-refractivity contribution in [2.75, 3.05) is 19.8 Å². The normalized spacial score (nSPS) is 15.3. The van der Waals surface area contributed by atoms with Crippen molar-refractivity contribution in [3.05, 3.63) is 12.4 Å².